The van der Waals surface area contributed by atoms with Gasteiger partial charge < -0.3 is 9.69 Å². The minimum absolute atomic E-state index is 0.291. The molecule has 0 heterocycles. The van der Waals surface area contributed by atoms with Crippen LogP contribution in [0.2, 0.25) is 5.02 Å². The van der Waals surface area contributed by atoms with Crippen LogP contribution in [0.5, 0.6) is 0 Å². The molecule has 2 nitrogen and oxygen atoms in total. The van der Waals surface area contributed by atoms with E-state index in [2.05, 4.69) is 4.90 Å². The van der Waals surface area contributed by atoms with Crippen LogP contribution < -0.4 is 0 Å². The van der Waals surface area contributed by atoms with E-state index in [0.29, 0.717) is 0 Å². The number of carbonyl (C=O) groups is 1. The summed E-state index contributed by atoms with van der Waals surface area (Å²) in [5.74, 6) is 0. The first-order valence-electron chi connectivity index (χ1n) is 5.32. The smallest absolute Gasteiger partial charge is 0.126 e. The van der Waals surface area contributed by atoms with Crippen molar-refractivity contribution in [1.82, 2.24) is 4.90 Å². The highest BCUT2D eigenvalue weighted by atomic mass is 35.5. The summed E-state index contributed by atoms with van der Waals surface area (Å²) in [6.45, 7) is 5.46. The lowest BCUT2D eigenvalue weighted by Gasteiger charge is -2.25. The predicted octanol–water partition coefficient (Wildman–Crippen LogP) is 3.00. The fourth-order valence-electron chi connectivity index (χ4n) is 1.69. The normalized spacial score (nSPS) is 11.8. The third kappa shape index (κ3) is 4.33. The summed E-state index contributed by atoms with van der Waals surface area (Å²) in [5.41, 5.74) is 0.912. The van der Waals surface area contributed by atoms with Crippen LogP contribution >= 0.6 is 11.6 Å². The molecule has 0 bridgehead atoms. The highest BCUT2D eigenvalue weighted by Crippen LogP contribution is 2.15. The van der Waals surface area contributed by atoms with Crippen molar-refractivity contribution in [1.29, 1.82) is 0 Å². The standard InChI is InChI=1S/C13H18ClNO/c1-13(2,10-16)9-15(3)8-11-4-6-12(14)7-5-11/h4-7,10H,8-9H2,1-3H3. The zero-order valence-corrected chi connectivity index (χ0v) is 10.8. The van der Waals surface area contributed by atoms with E-state index in [1.807, 2.05) is 45.2 Å². The van der Waals surface area contributed by atoms with Crippen LogP contribution in [0.15, 0.2) is 24.3 Å². The summed E-state index contributed by atoms with van der Waals surface area (Å²) < 4.78 is 0. The molecule has 0 aromatic heterocycles. The van der Waals surface area contributed by atoms with Crippen molar-refractivity contribution in [2.75, 3.05) is 13.6 Å². The lowest BCUT2D eigenvalue weighted by Crippen LogP contribution is -2.32. The van der Waals surface area contributed by atoms with E-state index in [4.69, 9.17) is 11.6 Å². The molecule has 0 spiro atoms. The van der Waals surface area contributed by atoms with Gasteiger partial charge >= 0.3 is 0 Å². The fourth-order valence-corrected chi connectivity index (χ4v) is 1.82. The molecule has 0 aliphatic heterocycles. The van der Waals surface area contributed by atoms with E-state index in [-0.39, 0.29) is 5.41 Å². The van der Waals surface area contributed by atoms with E-state index in [1.54, 1.807) is 0 Å². The van der Waals surface area contributed by atoms with Crippen molar-refractivity contribution in [2.24, 2.45) is 5.41 Å². The summed E-state index contributed by atoms with van der Waals surface area (Å²) in [6, 6.07) is 7.78. The molecule has 3 heteroatoms. The average Bonchev–Trinajstić information content (AvgIpc) is 2.21. The summed E-state index contributed by atoms with van der Waals surface area (Å²) in [5, 5.41) is 0.750. The molecule has 16 heavy (non-hydrogen) atoms. The number of halogens is 1. The van der Waals surface area contributed by atoms with E-state index in [0.717, 1.165) is 24.4 Å². The highest BCUT2D eigenvalue weighted by Gasteiger charge is 2.18. The van der Waals surface area contributed by atoms with Gasteiger partial charge in [0.1, 0.15) is 6.29 Å². The minimum Gasteiger partial charge on any atom is -0.303 e. The fraction of sp³-hybridized carbons (Fsp3) is 0.462. The Balaban J connectivity index is 2.54. The van der Waals surface area contributed by atoms with Crippen molar-refractivity contribution in [3.8, 4) is 0 Å². The van der Waals surface area contributed by atoms with Crippen molar-refractivity contribution < 1.29 is 4.79 Å². The van der Waals surface area contributed by atoms with Crippen LogP contribution in [0, 0.1) is 5.41 Å². The SMILES string of the molecule is CN(Cc1ccc(Cl)cc1)CC(C)(C)C=O. The molecule has 1 aromatic carbocycles. The molecule has 0 fully saturated rings. The zero-order valence-electron chi connectivity index (χ0n) is 10.0. The van der Waals surface area contributed by atoms with E-state index >= 15 is 0 Å². The number of hydrogen-bond donors (Lipinski definition) is 0. The number of carbonyl (C=O) groups excluding carboxylic acids is 1. The summed E-state index contributed by atoms with van der Waals surface area (Å²) in [4.78, 5) is 13.0. The van der Waals surface area contributed by atoms with E-state index in [1.165, 1.54) is 5.56 Å². The second-order valence-electron chi connectivity index (χ2n) is 4.91. The van der Waals surface area contributed by atoms with Gasteiger partial charge in [0.2, 0.25) is 0 Å². The average molecular weight is 240 g/mol. The van der Waals surface area contributed by atoms with Crippen molar-refractivity contribution in [3.63, 3.8) is 0 Å². The maximum absolute atomic E-state index is 10.8. The number of hydrogen-bond acceptors (Lipinski definition) is 2. The molecule has 0 saturated carbocycles. The topological polar surface area (TPSA) is 20.3 Å². The van der Waals surface area contributed by atoms with Crippen molar-refractivity contribution in [3.05, 3.63) is 34.9 Å². The van der Waals surface area contributed by atoms with Gasteiger partial charge in [0.05, 0.1) is 0 Å². The first-order valence-corrected chi connectivity index (χ1v) is 5.70. The summed E-state index contributed by atoms with van der Waals surface area (Å²) in [7, 11) is 2.01. The second kappa shape index (κ2) is 5.46. The zero-order chi connectivity index (χ0) is 12.2. The van der Waals surface area contributed by atoms with Gasteiger partial charge in [-0.15, -0.1) is 0 Å². The quantitative estimate of drug-likeness (QED) is 0.737. The molecule has 88 valence electrons. The monoisotopic (exact) mass is 239 g/mol. The summed E-state index contributed by atoms with van der Waals surface area (Å²) in [6.07, 6.45) is 1.01. The van der Waals surface area contributed by atoms with Gasteiger partial charge in [0, 0.05) is 23.5 Å². The number of rotatable bonds is 5. The third-order valence-corrected chi connectivity index (χ3v) is 2.61. The lowest BCUT2D eigenvalue weighted by molar-refractivity contribution is -0.115. The maximum atomic E-state index is 10.8. The Morgan fingerprint density at radius 2 is 1.88 bits per heavy atom. The van der Waals surface area contributed by atoms with Crippen LogP contribution in [-0.4, -0.2) is 24.8 Å². The molecule has 0 unspecified atom stereocenters. The molecule has 0 aliphatic rings. The van der Waals surface area contributed by atoms with E-state index < -0.39 is 0 Å². The Labute approximate surface area is 102 Å². The van der Waals surface area contributed by atoms with Gasteiger partial charge in [0.15, 0.2) is 0 Å². The second-order valence-corrected chi connectivity index (χ2v) is 5.34. The Kier molecular flexibility index (Phi) is 4.51. The van der Waals surface area contributed by atoms with E-state index in [9.17, 15) is 4.79 Å². The Hall–Kier alpha value is -0.860. The molecular weight excluding hydrogens is 222 g/mol. The Morgan fingerprint density at radius 1 is 1.31 bits per heavy atom. The first-order chi connectivity index (χ1) is 7.43. The molecule has 0 aliphatic carbocycles. The van der Waals surface area contributed by atoms with Gasteiger partial charge in [-0.3, -0.25) is 0 Å². The predicted molar refractivity (Wildman–Crippen MR) is 67.6 cm³/mol. The summed E-state index contributed by atoms with van der Waals surface area (Å²) >= 11 is 5.82. The van der Waals surface area contributed by atoms with Gasteiger partial charge in [-0.1, -0.05) is 37.6 Å². The van der Waals surface area contributed by atoms with Gasteiger partial charge in [-0.25, -0.2) is 0 Å². The molecule has 0 saturated heterocycles. The Bertz CT molecular complexity index is 345. The highest BCUT2D eigenvalue weighted by molar-refractivity contribution is 6.30. The van der Waals surface area contributed by atoms with Crippen LogP contribution in [0.1, 0.15) is 19.4 Å². The van der Waals surface area contributed by atoms with Gasteiger partial charge in [-0.2, -0.15) is 0 Å². The van der Waals surface area contributed by atoms with Crippen LogP contribution in [0.3, 0.4) is 0 Å². The van der Waals surface area contributed by atoms with Crippen LogP contribution in [-0.2, 0) is 11.3 Å². The number of benzene rings is 1. The third-order valence-electron chi connectivity index (χ3n) is 2.36. The van der Waals surface area contributed by atoms with Crippen molar-refractivity contribution >= 4 is 17.9 Å². The first kappa shape index (κ1) is 13.2. The Morgan fingerprint density at radius 3 is 2.38 bits per heavy atom. The van der Waals surface area contributed by atoms with Gasteiger partial charge in [0.25, 0.3) is 0 Å². The minimum atomic E-state index is -0.291. The molecule has 1 rings (SSSR count). The number of nitrogens with zero attached hydrogens (tertiary/aromatic N) is 1. The molecule has 0 amide bonds. The molecule has 0 radical (unpaired) electrons. The van der Waals surface area contributed by atoms with Crippen molar-refractivity contribution in [2.45, 2.75) is 20.4 Å². The molecule has 0 atom stereocenters. The van der Waals surface area contributed by atoms with Crippen LogP contribution in [0.4, 0.5) is 0 Å². The van der Waals surface area contributed by atoms with Gasteiger partial charge in [-0.05, 0) is 24.7 Å². The largest absolute Gasteiger partial charge is 0.303 e. The number of aldehydes is 1. The molecular formula is C13H18ClNO. The lowest BCUT2D eigenvalue weighted by atomic mass is 9.95. The maximum Gasteiger partial charge on any atom is 0.126 e. The molecule has 0 N–H and O–H groups in total. The van der Waals surface area contributed by atoms with Crippen LogP contribution in [0.25, 0.3) is 0 Å². The molecule has 1 aromatic rings.